The smallest absolute Gasteiger partial charge is 0.321 e. The zero-order valence-electron chi connectivity index (χ0n) is 8.97. The van der Waals surface area contributed by atoms with Crippen LogP contribution in [0.1, 0.15) is 33.6 Å². The zero-order chi connectivity index (χ0) is 10.8. The van der Waals surface area contributed by atoms with E-state index in [0.29, 0.717) is 0 Å². The fraction of sp³-hybridized carbons (Fsp3) is 0.727. The lowest BCUT2D eigenvalue weighted by molar-refractivity contribution is -0.143. The second-order valence-electron chi connectivity index (χ2n) is 4.47. The van der Waals surface area contributed by atoms with E-state index in [1.807, 2.05) is 6.92 Å². The molecular weight excluding hydrogens is 200 g/mol. The number of halogens is 1. The van der Waals surface area contributed by atoms with Crippen LogP contribution in [0.4, 0.5) is 0 Å². The number of carbonyl (C=O) groups is 1. The number of carbonyl (C=O) groups excluding carboxylic acids is 1. The van der Waals surface area contributed by atoms with E-state index < -0.39 is 0 Å². The van der Waals surface area contributed by atoms with E-state index >= 15 is 0 Å². The van der Waals surface area contributed by atoms with Crippen LogP contribution >= 0.6 is 11.6 Å². The summed E-state index contributed by atoms with van der Waals surface area (Å²) in [7, 11) is 0. The van der Waals surface area contributed by atoms with E-state index in [2.05, 4.69) is 19.9 Å². The molecule has 2 nitrogen and oxygen atoms in total. The third kappa shape index (κ3) is 3.02. The Morgan fingerprint density at radius 1 is 1.71 bits per heavy atom. The number of rotatable bonds is 3. The molecule has 0 saturated heterocycles. The van der Waals surface area contributed by atoms with Gasteiger partial charge in [0.1, 0.15) is 12.0 Å². The maximum Gasteiger partial charge on any atom is 0.321 e. The molecule has 1 aliphatic rings. The van der Waals surface area contributed by atoms with Crippen LogP contribution in [0.2, 0.25) is 0 Å². The molecule has 1 atom stereocenters. The van der Waals surface area contributed by atoms with Gasteiger partial charge in [-0.05, 0) is 30.8 Å². The van der Waals surface area contributed by atoms with E-state index in [9.17, 15) is 4.79 Å². The molecule has 3 heteroatoms. The first kappa shape index (κ1) is 11.6. The summed E-state index contributed by atoms with van der Waals surface area (Å²) in [5.41, 5.74) is 1.46. The molecule has 0 fully saturated rings. The average molecular weight is 217 g/mol. The van der Waals surface area contributed by atoms with Gasteiger partial charge in [0, 0.05) is 0 Å². The lowest BCUT2D eigenvalue weighted by Crippen LogP contribution is -2.17. The predicted octanol–water partition coefficient (Wildman–Crippen LogP) is 2.90. The molecule has 1 rings (SSSR count). The molecule has 14 heavy (non-hydrogen) atoms. The lowest BCUT2D eigenvalue weighted by Gasteiger charge is -2.13. The predicted molar refractivity (Wildman–Crippen MR) is 57.4 cm³/mol. The molecule has 0 radical (unpaired) electrons. The van der Waals surface area contributed by atoms with Crippen molar-refractivity contribution in [3.63, 3.8) is 0 Å². The Labute approximate surface area is 90.3 Å². The molecule has 0 spiro atoms. The van der Waals surface area contributed by atoms with Crippen molar-refractivity contribution in [1.82, 2.24) is 0 Å². The van der Waals surface area contributed by atoms with Crippen molar-refractivity contribution in [3.8, 4) is 0 Å². The van der Waals surface area contributed by atoms with Crippen LogP contribution in [0, 0.1) is 5.41 Å². The van der Waals surface area contributed by atoms with Crippen molar-refractivity contribution >= 4 is 17.6 Å². The number of ether oxygens (including phenoxy) is 1. The summed E-state index contributed by atoms with van der Waals surface area (Å²) in [5.74, 6) is -0.411. The van der Waals surface area contributed by atoms with Gasteiger partial charge in [0.05, 0.1) is 0 Å². The highest BCUT2D eigenvalue weighted by Gasteiger charge is 2.26. The Bertz CT molecular complexity index is 256. The van der Waals surface area contributed by atoms with Crippen molar-refractivity contribution < 1.29 is 9.53 Å². The van der Waals surface area contributed by atoms with Gasteiger partial charge in [-0.3, -0.25) is 4.79 Å². The second kappa shape index (κ2) is 4.35. The highest BCUT2D eigenvalue weighted by molar-refractivity contribution is 6.26. The van der Waals surface area contributed by atoms with Crippen LogP contribution in [-0.2, 0) is 9.53 Å². The topological polar surface area (TPSA) is 26.3 Å². The highest BCUT2D eigenvalue weighted by atomic mass is 35.5. The first-order valence-electron chi connectivity index (χ1n) is 4.92. The second-order valence-corrected chi connectivity index (χ2v) is 4.74. The summed E-state index contributed by atoms with van der Waals surface area (Å²) in [6, 6.07) is 0. The van der Waals surface area contributed by atoms with Gasteiger partial charge in [-0.1, -0.05) is 19.9 Å². The van der Waals surface area contributed by atoms with Crippen molar-refractivity contribution in [2.45, 2.75) is 39.7 Å². The fourth-order valence-corrected chi connectivity index (χ4v) is 1.80. The van der Waals surface area contributed by atoms with Crippen LogP contribution in [-0.4, -0.2) is 18.0 Å². The Morgan fingerprint density at radius 3 is 2.79 bits per heavy atom. The van der Waals surface area contributed by atoms with Crippen LogP contribution in [0.3, 0.4) is 0 Å². The minimum absolute atomic E-state index is 0.0684. The van der Waals surface area contributed by atoms with E-state index in [1.54, 1.807) is 0 Å². The highest BCUT2D eigenvalue weighted by Crippen LogP contribution is 2.36. The maximum atomic E-state index is 11.0. The molecule has 0 aromatic heterocycles. The van der Waals surface area contributed by atoms with Crippen LogP contribution in [0.5, 0.6) is 0 Å². The van der Waals surface area contributed by atoms with E-state index in [0.717, 1.165) is 12.8 Å². The molecule has 1 aliphatic carbocycles. The molecule has 0 heterocycles. The van der Waals surface area contributed by atoms with Crippen LogP contribution < -0.4 is 0 Å². The summed E-state index contributed by atoms with van der Waals surface area (Å²) < 4.78 is 5.14. The van der Waals surface area contributed by atoms with Gasteiger partial charge in [-0.25, -0.2) is 0 Å². The minimum Gasteiger partial charge on any atom is -0.457 e. The van der Waals surface area contributed by atoms with Gasteiger partial charge in [-0.2, -0.15) is 0 Å². The van der Waals surface area contributed by atoms with Crippen molar-refractivity contribution in [2.24, 2.45) is 5.41 Å². The Hall–Kier alpha value is -0.500. The first-order chi connectivity index (χ1) is 6.44. The molecule has 0 aliphatic heterocycles. The summed E-state index contributed by atoms with van der Waals surface area (Å²) >= 11 is 5.36. The van der Waals surface area contributed by atoms with Crippen molar-refractivity contribution in [2.75, 3.05) is 5.88 Å². The van der Waals surface area contributed by atoms with Gasteiger partial charge in [0.25, 0.3) is 0 Å². The quantitative estimate of drug-likeness (QED) is 0.412. The SMILES string of the molecule is CC(OC(=O)CCl)C1=CC(C)(C)CC1. The molecule has 1 unspecified atom stereocenters. The van der Waals surface area contributed by atoms with Gasteiger partial charge in [0.2, 0.25) is 0 Å². The number of alkyl halides is 1. The summed E-state index contributed by atoms with van der Waals surface area (Å²) in [6.45, 7) is 6.28. The van der Waals surface area contributed by atoms with Gasteiger partial charge in [-0.15, -0.1) is 11.6 Å². The molecule has 0 saturated carbocycles. The number of esters is 1. The molecule has 80 valence electrons. The molecule has 0 bridgehead atoms. The normalized spacial score (nSPS) is 21.6. The monoisotopic (exact) mass is 216 g/mol. The third-order valence-corrected chi connectivity index (χ3v) is 2.79. The summed E-state index contributed by atoms with van der Waals surface area (Å²) in [6.07, 6.45) is 4.23. The van der Waals surface area contributed by atoms with Gasteiger partial charge in [0.15, 0.2) is 0 Å². The fourth-order valence-electron chi connectivity index (χ4n) is 1.74. The lowest BCUT2D eigenvalue weighted by atomic mass is 9.94. The van der Waals surface area contributed by atoms with Gasteiger partial charge < -0.3 is 4.74 Å². The van der Waals surface area contributed by atoms with E-state index in [4.69, 9.17) is 16.3 Å². The third-order valence-electron chi connectivity index (χ3n) is 2.57. The van der Waals surface area contributed by atoms with E-state index in [-0.39, 0.29) is 23.4 Å². The Kier molecular flexibility index (Phi) is 3.59. The molecular formula is C11H17ClO2. The number of allylic oxidation sites excluding steroid dienone is 1. The first-order valence-corrected chi connectivity index (χ1v) is 5.45. The molecule has 0 aromatic rings. The molecule has 0 aromatic carbocycles. The molecule has 0 N–H and O–H groups in total. The van der Waals surface area contributed by atoms with Crippen LogP contribution in [0.15, 0.2) is 11.6 Å². The maximum absolute atomic E-state index is 11.0. The van der Waals surface area contributed by atoms with E-state index in [1.165, 1.54) is 5.57 Å². The zero-order valence-corrected chi connectivity index (χ0v) is 9.73. The Morgan fingerprint density at radius 2 is 2.36 bits per heavy atom. The Balaban J connectivity index is 2.54. The molecule has 0 amide bonds. The van der Waals surface area contributed by atoms with Gasteiger partial charge >= 0.3 is 5.97 Å². The van der Waals surface area contributed by atoms with Crippen molar-refractivity contribution in [1.29, 1.82) is 0 Å². The minimum atomic E-state index is -0.343. The number of hydrogen-bond donors (Lipinski definition) is 0. The summed E-state index contributed by atoms with van der Waals surface area (Å²) in [5, 5.41) is 0. The standard InChI is InChI=1S/C11H17ClO2/c1-8(14-10(13)7-12)9-4-5-11(2,3)6-9/h6,8H,4-5,7H2,1-3H3. The van der Waals surface area contributed by atoms with Crippen molar-refractivity contribution in [3.05, 3.63) is 11.6 Å². The number of hydrogen-bond acceptors (Lipinski definition) is 2. The van der Waals surface area contributed by atoms with Crippen LogP contribution in [0.25, 0.3) is 0 Å². The largest absolute Gasteiger partial charge is 0.457 e. The summed E-state index contributed by atoms with van der Waals surface area (Å²) in [4.78, 5) is 11.0. The average Bonchev–Trinajstić information content (AvgIpc) is 2.46.